The highest BCUT2D eigenvalue weighted by Gasteiger charge is 2.32. The molecule has 0 radical (unpaired) electrons. The summed E-state index contributed by atoms with van der Waals surface area (Å²) in [6.45, 7) is 0. The molecule has 0 N–H and O–H groups in total. The van der Waals surface area contributed by atoms with Crippen LogP contribution in [-0.4, -0.2) is 0 Å². The summed E-state index contributed by atoms with van der Waals surface area (Å²) in [7, 11) is 0. The zero-order chi connectivity index (χ0) is 22.6. The molecule has 0 saturated heterocycles. The van der Waals surface area contributed by atoms with Gasteiger partial charge in [0.2, 0.25) is 0 Å². The number of hydrogen-bond donors (Lipinski definition) is 0. The summed E-state index contributed by atoms with van der Waals surface area (Å²) in [5.74, 6) is 0.0860. The summed E-state index contributed by atoms with van der Waals surface area (Å²) in [5, 5.41) is 1.62. The first-order valence-electron chi connectivity index (χ1n) is 11.5. The molecule has 1 heterocycles. The van der Waals surface area contributed by atoms with Crippen LogP contribution in [0.5, 0.6) is 0 Å². The van der Waals surface area contributed by atoms with E-state index in [1.54, 1.807) is 11.3 Å². The molecule has 1 aromatic heterocycles. The maximum absolute atomic E-state index is 13.5. The maximum Gasteiger partial charge on any atom is 0.195 e. The van der Waals surface area contributed by atoms with Crippen LogP contribution >= 0.6 is 11.3 Å². The zero-order valence-corrected chi connectivity index (χ0v) is 19.2. The molecule has 0 amide bonds. The normalized spacial score (nSPS) is 14.3. The van der Waals surface area contributed by atoms with E-state index in [0.717, 1.165) is 20.2 Å². The highest BCUT2D eigenvalue weighted by Crippen LogP contribution is 2.51. The highest BCUT2D eigenvalue weighted by molar-refractivity contribution is 7.24. The predicted octanol–water partition coefficient (Wildman–Crippen LogP) is 8.24. The van der Waals surface area contributed by atoms with E-state index in [9.17, 15) is 4.79 Å². The molecule has 0 spiro atoms. The number of benzene rings is 5. The molecule has 1 unspecified atom stereocenters. The monoisotopic (exact) mass is 452 g/mol. The minimum Gasteiger partial charge on any atom is -0.289 e. The molecule has 160 valence electrons. The first-order chi connectivity index (χ1) is 16.8. The molecular weight excluding hydrogens is 432 g/mol. The molecule has 0 fully saturated rings. The lowest BCUT2D eigenvalue weighted by molar-refractivity contribution is 1.02. The average Bonchev–Trinajstić information content (AvgIpc) is 3.22. The predicted molar refractivity (Wildman–Crippen MR) is 144 cm³/mol. The molecule has 34 heavy (non-hydrogen) atoms. The second-order valence-electron chi connectivity index (χ2n) is 8.84. The summed E-state index contributed by atoms with van der Waals surface area (Å²) in [6, 6.07) is 40.3. The van der Waals surface area contributed by atoms with Gasteiger partial charge in [0.15, 0.2) is 5.43 Å². The Labute approximate surface area is 201 Å². The van der Waals surface area contributed by atoms with Crippen molar-refractivity contribution in [2.24, 2.45) is 0 Å². The molecular formula is C32H20OS. The van der Waals surface area contributed by atoms with Crippen LogP contribution in [0.2, 0.25) is 0 Å². The lowest BCUT2D eigenvalue weighted by atomic mass is 9.84. The maximum atomic E-state index is 13.5. The number of fused-ring (bicyclic) bond motifs is 5. The molecule has 1 aliphatic carbocycles. The molecule has 0 bridgehead atoms. The van der Waals surface area contributed by atoms with E-state index in [-0.39, 0.29) is 11.3 Å². The van der Waals surface area contributed by atoms with Gasteiger partial charge in [0.1, 0.15) is 0 Å². The summed E-state index contributed by atoms with van der Waals surface area (Å²) in [4.78, 5) is 13.5. The molecule has 7 rings (SSSR count). The summed E-state index contributed by atoms with van der Waals surface area (Å²) in [5.41, 5.74) is 8.87. The summed E-state index contributed by atoms with van der Waals surface area (Å²) < 4.78 is 2.09. The molecule has 5 aromatic carbocycles. The molecule has 2 heteroatoms. The quantitative estimate of drug-likeness (QED) is 0.241. The lowest BCUT2D eigenvalue weighted by Crippen LogP contribution is -2.04. The third-order valence-electron chi connectivity index (χ3n) is 6.98. The van der Waals surface area contributed by atoms with Crippen molar-refractivity contribution in [3.05, 3.63) is 142 Å². The van der Waals surface area contributed by atoms with Gasteiger partial charge in [0.05, 0.1) is 0 Å². The standard InChI is InChI=1S/C32H20OS/c33-32-25-16-8-9-17-29(25)34-30-19-26-22-13-5-7-15-24(22)31(27(26)18-28(30)32)23-14-6-4-12-21(23)20-10-2-1-3-11-20/h1-19,31H. The van der Waals surface area contributed by atoms with Gasteiger partial charge in [0.25, 0.3) is 0 Å². The fourth-order valence-electron chi connectivity index (χ4n) is 5.46. The van der Waals surface area contributed by atoms with Gasteiger partial charge in [-0.05, 0) is 63.2 Å². The molecule has 1 nitrogen and oxygen atoms in total. The first-order valence-corrected chi connectivity index (χ1v) is 12.3. The molecule has 0 aliphatic heterocycles. The van der Waals surface area contributed by atoms with Crippen molar-refractivity contribution in [3.8, 4) is 22.3 Å². The molecule has 0 saturated carbocycles. The largest absolute Gasteiger partial charge is 0.289 e. The van der Waals surface area contributed by atoms with Crippen molar-refractivity contribution >= 4 is 31.5 Å². The van der Waals surface area contributed by atoms with E-state index in [0.29, 0.717) is 0 Å². The number of hydrogen-bond acceptors (Lipinski definition) is 2. The fourth-order valence-corrected chi connectivity index (χ4v) is 6.56. The highest BCUT2D eigenvalue weighted by atomic mass is 32.1. The van der Waals surface area contributed by atoms with Crippen LogP contribution in [0.15, 0.2) is 120 Å². The lowest BCUT2D eigenvalue weighted by Gasteiger charge is -2.19. The van der Waals surface area contributed by atoms with E-state index in [4.69, 9.17) is 0 Å². The van der Waals surface area contributed by atoms with Gasteiger partial charge >= 0.3 is 0 Å². The van der Waals surface area contributed by atoms with E-state index < -0.39 is 0 Å². The Balaban J connectivity index is 1.55. The van der Waals surface area contributed by atoms with Gasteiger partial charge in [-0.1, -0.05) is 91.0 Å². The van der Waals surface area contributed by atoms with E-state index in [1.165, 1.54) is 38.9 Å². The Hall–Kier alpha value is -4.01. The molecule has 1 aliphatic rings. The Morgan fingerprint density at radius 1 is 0.500 bits per heavy atom. The van der Waals surface area contributed by atoms with Crippen molar-refractivity contribution in [2.45, 2.75) is 5.92 Å². The van der Waals surface area contributed by atoms with Gasteiger partial charge in [0, 0.05) is 26.1 Å². The fraction of sp³-hybridized carbons (Fsp3) is 0.0312. The van der Waals surface area contributed by atoms with Crippen LogP contribution in [0.1, 0.15) is 22.6 Å². The van der Waals surface area contributed by atoms with Gasteiger partial charge in [-0.15, -0.1) is 11.3 Å². The minimum atomic E-state index is 0.0860. The van der Waals surface area contributed by atoms with Crippen molar-refractivity contribution in [3.63, 3.8) is 0 Å². The van der Waals surface area contributed by atoms with Crippen molar-refractivity contribution < 1.29 is 0 Å². The van der Waals surface area contributed by atoms with Crippen molar-refractivity contribution in [1.29, 1.82) is 0 Å². The van der Waals surface area contributed by atoms with E-state index in [2.05, 4.69) is 91.0 Å². The van der Waals surface area contributed by atoms with Gasteiger partial charge < -0.3 is 0 Å². The third kappa shape index (κ3) is 2.82. The zero-order valence-electron chi connectivity index (χ0n) is 18.4. The van der Waals surface area contributed by atoms with Crippen LogP contribution in [0.4, 0.5) is 0 Å². The first kappa shape index (κ1) is 19.5. The van der Waals surface area contributed by atoms with Crippen molar-refractivity contribution in [1.82, 2.24) is 0 Å². The van der Waals surface area contributed by atoms with Crippen LogP contribution in [0.25, 0.3) is 42.4 Å². The molecule has 6 aromatic rings. The summed E-state index contributed by atoms with van der Waals surface area (Å²) >= 11 is 1.70. The Morgan fingerprint density at radius 3 is 1.97 bits per heavy atom. The van der Waals surface area contributed by atoms with E-state index in [1.807, 2.05) is 24.3 Å². The van der Waals surface area contributed by atoms with Crippen LogP contribution in [0.3, 0.4) is 0 Å². The van der Waals surface area contributed by atoms with E-state index >= 15 is 0 Å². The Bertz CT molecular complexity index is 1780. The van der Waals surface area contributed by atoms with Gasteiger partial charge in [-0.3, -0.25) is 4.79 Å². The van der Waals surface area contributed by atoms with Crippen LogP contribution in [0, 0.1) is 0 Å². The second kappa shape index (κ2) is 7.51. The van der Waals surface area contributed by atoms with Gasteiger partial charge in [-0.2, -0.15) is 0 Å². The van der Waals surface area contributed by atoms with Gasteiger partial charge in [-0.25, -0.2) is 0 Å². The molecule has 1 atom stereocenters. The van der Waals surface area contributed by atoms with Crippen LogP contribution < -0.4 is 5.43 Å². The minimum absolute atomic E-state index is 0.0860. The van der Waals surface area contributed by atoms with Crippen LogP contribution in [-0.2, 0) is 0 Å². The smallest absolute Gasteiger partial charge is 0.195 e. The number of rotatable bonds is 2. The van der Waals surface area contributed by atoms with Crippen molar-refractivity contribution in [2.75, 3.05) is 0 Å². The summed E-state index contributed by atoms with van der Waals surface area (Å²) in [6.07, 6.45) is 0. The topological polar surface area (TPSA) is 17.1 Å². The Morgan fingerprint density at radius 2 is 1.15 bits per heavy atom. The Kier molecular flexibility index (Phi) is 4.30. The third-order valence-corrected chi connectivity index (χ3v) is 8.11. The average molecular weight is 453 g/mol. The second-order valence-corrected chi connectivity index (χ2v) is 9.92. The SMILES string of the molecule is O=c1c2ccccc2sc2cc3c(cc12)C(c1ccccc1-c1ccccc1)c1ccccc1-3.